The first-order valence-electron chi connectivity index (χ1n) is 5.95. The molecule has 1 heterocycles. The highest BCUT2D eigenvalue weighted by atomic mass is 16.6. The third-order valence-electron chi connectivity index (χ3n) is 2.69. The Morgan fingerprint density at radius 2 is 1.89 bits per heavy atom. The van der Waals surface area contributed by atoms with Gasteiger partial charge < -0.3 is 9.15 Å². The summed E-state index contributed by atoms with van der Waals surface area (Å²) in [5.74, 6) is -0.718. The molecule has 1 unspecified atom stereocenters. The molecule has 0 aliphatic carbocycles. The number of carbonyl (C=O) groups excluding carboxylic acids is 2. The van der Waals surface area contributed by atoms with Gasteiger partial charge in [-0.1, -0.05) is 30.3 Å². The lowest BCUT2D eigenvalue weighted by Gasteiger charge is -2.14. The third-order valence-corrected chi connectivity index (χ3v) is 2.69. The molecular formula is C15H14O4. The van der Waals surface area contributed by atoms with E-state index in [4.69, 9.17) is 9.15 Å². The molecule has 0 fully saturated rings. The number of rotatable bonds is 5. The number of hydrogen-bond donors (Lipinski definition) is 0. The monoisotopic (exact) mass is 258 g/mol. The van der Waals surface area contributed by atoms with Gasteiger partial charge in [-0.15, -0.1) is 0 Å². The number of carbonyl (C=O) groups is 2. The van der Waals surface area contributed by atoms with Crippen LogP contribution in [0.4, 0.5) is 0 Å². The molecule has 0 saturated carbocycles. The normalized spacial score (nSPS) is 11.8. The lowest BCUT2D eigenvalue weighted by atomic mass is 10.1. The van der Waals surface area contributed by atoms with Crippen LogP contribution in [-0.2, 0) is 16.0 Å². The van der Waals surface area contributed by atoms with E-state index in [2.05, 4.69) is 0 Å². The molecule has 98 valence electrons. The number of hydrogen-bond acceptors (Lipinski definition) is 4. The fourth-order valence-electron chi connectivity index (χ4n) is 1.68. The van der Waals surface area contributed by atoms with Gasteiger partial charge >= 0.3 is 5.97 Å². The summed E-state index contributed by atoms with van der Waals surface area (Å²) in [6.45, 7) is 1.41. The molecule has 0 bridgehead atoms. The molecular weight excluding hydrogens is 244 g/mol. The lowest BCUT2D eigenvalue weighted by Crippen LogP contribution is -2.27. The molecule has 1 atom stereocenters. The molecule has 0 saturated heterocycles. The summed E-state index contributed by atoms with van der Waals surface area (Å²) in [7, 11) is 0. The second-order valence-electron chi connectivity index (χ2n) is 4.17. The first kappa shape index (κ1) is 13.1. The van der Waals surface area contributed by atoms with Gasteiger partial charge in [0.25, 0.3) is 0 Å². The average Bonchev–Trinajstić information content (AvgIpc) is 2.93. The zero-order valence-electron chi connectivity index (χ0n) is 10.5. The molecule has 4 nitrogen and oxygen atoms in total. The van der Waals surface area contributed by atoms with Gasteiger partial charge in [-0.25, -0.2) is 4.79 Å². The van der Waals surface area contributed by atoms with Crippen LogP contribution in [0.15, 0.2) is 53.1 Å². The van der Waals surface area contributed by atoms with Crippen LogP contribution in [0.1, 0.15) is 23.0 Å². The molecule has 0 N–H and O–H groups in total. The summed E-state index contributed by atoms with van der Waals surface area (Å²) in [5, 5.41) is 0. The summed E-state index contributed by atoms with van der Waals surface area (Å²) in [4.78, 5) is 23.3. The molecule has 0 aliphatic heterocycles. The van der Waals surface area contributed by atoms with Crippen molar-refractivity contribution in [3.8, 4) is 0 Å². The topological polar surface area (TPSA) is 56.5 Å². The van der Waals surface area contributed by atoms with Crippen molar-refractivity contribution < 1.29 is 18.7 Å². The Labute approximate surface area is 111 Å². The maximum atomic E-state index is 11.7. The highest BCUT2D eigenvalue weighted by Gasteiger charge is 2.22. The van der Waals surface area contributed by atoms with Gasteiger partial charge in [0, 0.05) is 6.42 Å². The molecule has 4 heteroatoms. The van der Waals surface area contributed by atoms with Crippen molar-refractivity contribution in [1.29, 1.82) is 0 Å². The van der Waals surface area contributed by atoms with E-state index >= 15 is 0 Å². The molecule has 2 aromatic rings. The minimum atomic E-state index is -0.792. The Kier molecular flexibility index (Phi) is 4.13. The summed E-state index contributed by atoms with van der Waals surface area (Å²) in [5.41, 5.74) is 0.940. The van der Waals surface area contributed by atoms with E-state index in [1.54, 1.807) is 6.07 Å². The van der Waals surface area contributed by atoms with Crippen LogP contribution in [0.25, 0.3) is 0 Å². The minimum Gasteiger partial charge on any atom is -0.457 e. The van der Waals surface area contributed by atoms with Crippen molar-refractivity contribution in [2.45, 2.75) is 19.4 Å². The summed E-state index contributed by atoms with van der Waals surface area (Å²) >= 11 is 0. The number of esters is 1. The molecule has 0 amide bonds. The first-order chi connectivity index (χ1) is 9.16. The molecule has 2 rings (SSSR count). The van der Waals surface area contributed by atoms with E-state index in [-0.39, 0.29) is 11.5 Å². The Morgan fingerprint density at radius 3 is 2.47 bits per heavy atom. The van der Waals surface area contributed by atoms with E-state index in [0.29, 0.717) is 6.42 Å². The van der Waals surface area contributed by atoms with Gasteiger partial charge in [-0.05, 0) is 24.6 Å². The second kappa shape index (κ2) is 6.00. The van der Waals surface area contributed by atoms with Crippen molar-refractivity contribution in [3.63, 3.8) is 0 Å². The molecule has 19 heavy (non-hydrogen) atoms. The maximum absolute atomic E-state index is 11.7. The Hall–Kier alpha value is -2.36. The Balaban J connectivity index is 2.05. The van der Waals surface area contributed by atoms with Crippen molar-refractivity contribution >= 4 is 11.8 Å². The SMILES string of the molecule is CC(=O)C(Cc1ccccc1)OC(=O)c1ccco1. The standard InChI is InChI=1S/C15H14O4/c1-11(16)14(10-12-6-3-2-4-7-12)19-15(17)13-8-5-9-18-13/h2-9,14H,10H2,1H3. The van der Waals surface area contributed by atoms with E-state index < -0.39 is 12.1 Å². The minimum absolute atomic E-state index is 0.0966. The molecule has 1 aromatic heterocycles. The number of furan rings is 1. The van der Waals surface area contributed by atoms with Gasteiger partial charge in [0.2, 0.25) is 5.76 Å². The number of ether oxygens (including phenoxy) is 1. The fraction of sp³-hybridized carbons (Fsp3) is 0.200. The van der Waals surface area contributed by atoms with Crippen LogP contribution in [-0.4, -0.2) is 17.9 Å². The molecule has 1 aromatic carbocycles. The van der Waals surface area contributed by atoms with Crippen LogP contribution < -0.4 is 0 Å². The maximum Gasteiger partial charge on any atom is 0.374 e. The largest absolute Gasteiger partial charge is 0.457 e. The van der Waals surface area contributed by atoms with Crippen LogP contribution in [0.2, 0.25) is 0 Å². The number of benzene rings is 1. The van der Waals surface area contributed by atoms with Crippen molar-refractivity contribution in [3.05, 3.63) is 60.1 Å². The molecule has 0 radical (unpaired) electrons. The van der Waals surface area contributed by atoms with Crippen LogP contribution in [0.3, 0.4) is 0 Å². The lowest BCUT2D eigenvalue weighted by molar-refractivity contribution is -0.125. The Morgan fingerprint density at radius 1 is 1.16 bits per heavy atom. The van der Waals surface area contributed by atoms with Gasteiger partial charge in [0.05, 0.1) is 6.26 Å². The zero-order valence-corrected chi connectivity index (χ0v) is 10.5. The number of ketones is 1. The zero-order chi connectivity index (χ0) is 13.7. The van der Waals surface area contributed by atoms with Crippen LogP contribution in [0, 0.1) is 0 Å². The van der Waals surface area contributed by atoms with Crippen LogP contribution >= 0.6 is 0 Å². The fourth-order valence-corrected chi connectivity index (χ4v) is 1.68. The van der Waals surface area contributed by atoms with Crippen LogP contribution in [0.5, 0.6) is 0 Å². The van der Waals surface area contributed by atoms with Gasteiger partial charge in [-0.3, -0.25) is 4.79 Å². The van der Waals surface area contributed by atoms with Crippen molar-refractivity contribution in [2.24, 2.45) is 0 Å². The summed E-state index contributed by atoms with van der Waals surface area (Å²) in [6, 6.07) is 12.5. The van der Waals surface area contributed by atoms with E-state index in [1.807, 2.05) is 30.3 Å². The average molecular weight is 258 g/mol. The predicted molar refractivity (Wildman–Crippen MR) is 68.7 cm³/mol. The first-order valence-corrected chi connectivity index (χ1v) is 5.95. The van der Waals surface area contributed by atoms with E-state index in [9.17, 15) is 9.59 Å². The van der Waals surface area contributed by atoms with E-state index in [0.717, 1.165) is 5.56 Å². The summed E-state index contributed by atoms with van der Waals surface area (Å²) in [6.07, 6.45) is 0.958. The van der Waals surface area contributed by atoms with Gasteiger partial charge in [0.1, 0.15) is 0 Å². The van der Waals surface area contributed by atoms with Crippen molar-refractivity contribution in [1.82, 2.24) is 0 Å². The summed E-state index contributed by atoms with van der Waals surface area (Å²) < 4.78 is 10.1. The predicted octanol–water partition coefficient (Wildman–Crippen LogP) is 2.64. The van der Waals surface area contributed by atoms with Gasteiger partial charge in [0.15, 0.2) is 11.9 Å². The smallest absolute Gasteiger partial charge is 0.374 e. The number of Topliss-reactive ketones (excluding diaryl/α,β-unsaturated/α-hetero) is 1. The van der Waals surface area contributed by atoms with Gasteiger partial charge in [-0.2, -0.15) is 0 Å². The van der Waals surface area contributed by atoms with Crippen molar-refractivity contribution in [2.75, 3.05) is 0 Å². The van der Waals surface area contributed by atoms with E-state index in [1.165, 1.54) is 19.3 Å². The Bertz CT molecular complexity index is 543. The quantitative estimate of drug-likeness (QED) is 0.773. The third kappa shape index (κ3) is 3.55. The molecule has 0 spiro atoms. The highest BCUT2D eigenvalue weighted by molar-refractivity contribution is 5.90. The highest BCUT2D eigenvalue weighted by Crippen LogP contribution is 2.10. The second-order valence-corrected chi connectivity index (χ2v) is 4.17. The molecule has 0 aliphatic rings.